The highest BCUT2D eigenvalue weighted by Crippen LogP contribution is 2.11. The van der Waals surface area contributed by atoms with Gasteiger partial charge in [0.25, 0.3) is 5.91 Å². The standard InChI is InChI=1S/C18H22BrN5O/c1-20-18(24(2)13-14-5-7-16(19)8-6-14)23-11-10-22-17(25)15-4-3-9-21-12-15/h3-9,12H,10-11,13H2,1-2H3,(H,20,23)(H,22,25). The topological polar surface area (TPSA) is 69.6 Å². The normalized spacial score (nSPS) is 11.1. The van der Waals surface area contributed by atoms with Gasteiger partial charge in [-0.15, -0.1) is 0 Å². The molecule has 7 heteroatoms. The number of nitrogens with one attached hydrogen (secondary N) is 2. The fourth-order valence-electron chi connectivity index (χ4n) is 2.27. The Bertz CT molecular complexity index is 703. The van der Waals surface area contributed by atoms with Gasteiger partial charge in [0.05, 0.1) is 5.56 Å². The fourth-order valence-corrected chi connectivity index (χ4v) is 2.54. The minimum atomic E-state index is -0.131. The van der Waals surface area contributed by atoms with E-state index in [1.165, 1.54) is 5.56 Å². The molecule has 1 heterocycles. The number of nitrogens with zero attached hydrogens (tertiary/aromatic N) is 3. The molecule has 0 aliphatic heterocycles. The molecule has 1 aromatic carbocycles. The number of carbonyl (C=O) groups is 1. The summed E-state index contributed by atoms with van der Waals surface area (Å²) in [5.74, 6) is 0.645. The van der Waals surface area contributed by atoms with Crippen LogP contribution >= 0.6 is 15.9 Å². The van der Waals surface area contributed by atoms with Crippen molar-refractivity contribution < 1.29 is 4.79 Å². The molecule has 0 spiro atoms. The number of carbonyl (C=O) groups excluding carboxylic acids is 1. The van der Waals surface area contributed by atoms with E-state index in [0.29, 0.717) is 18.7 Å². The van der Waals surface area contributed by atoms with Crippen LogP contribution in [-0.4, -0.2) is 48.9 Å². The summed E-state index contributed by atoms with van der Waals surface area (Å²) in [6.07, 6.45) is 3.19. The van der Waals surface area contributed by atoms with Gasteiger partial charge in [0, 0.05) is 50.6 Å². The van der Waals surface area contributed by atoms with Crippen molar-refractivity contribution in [2.24, 2.45) is 4.99 Å². The van der Waals surface area contributed by atoms with E-state index in [2.05, 4.69) is 48.7 Å². The summed E-state index contributed by atoms with van der Waals surface area (Å²) in [5, 5.41) is 6.10. The molecule has 0 fully saturated rings. The number of aliphatic imine (C=N–C) groups is 1. The Morgan fingerprint density at radius 1 is 1.20 bits per heavy atom. The fraction of sp³-hybridized carbons (Fsp3) is 0.278. The number of hydrogen-bond donors (Lipinski definition) is 2. The van der Waals surface area contributed by atoms with Crippen molar-refractivity contribution in [1.82, 2.24) is 20.5 Å². The van der Waals surface area contributed by atoms with Crippen LogP contribution < -0.4 is 10.6 Å². The van der Waals surface area contributed by atoms with Gasteiger partial charge in [0.15, 0.2) is 5.96 Å². The van der Waals surface area contributed by atoms with E-state index < -0.39 is 0 Å². The zero-order chi connectivity index (χ0) is 18.1. The lowest BCUT2D eigenvalue weighted by Crippen LogP contribution is -2.42. The Hall–Kier alpha value is -2.41. The second-order valence-electron chi connectivity index (χ2n) is 5.45. The maximum atomic E-state index is 11.9. The molecule has 0 saturated carbocycles. The molecular weight excluding hydrogens is 382 g/mol. The molecule has 1 amide bonds. The van der Waals surface area contributed by atoms with Crippen molar-refractivity contribution in [3.63, 3.8) is 0 Å². The molecule has 6 nitrogen and oxygen atoms in total. The minimum absolute atomic E-state index is 0.131. The number of aromatic nitrogens is 1. The van der Waals surface area contributed by atoms with E-state index >= 15 is 0 Å². The number of halogens is 1. The third-order valence-corrected chi connectivity index (χ3v) is 4.05. The maximum Gasteiger partial charge on any atom is 0.252 e. The summed E-state index contributed by atoms with van der Waals surface area (Å²) in [4.78, 5) is 22.2. The Morgan fingerprint density at radius 3 is 2.56 bits per heavy atom. The van der Waals surface area contributed by atoms with Gasteiger partial charge >= 0.3 is 0 Å². The first-order valence-corrected chi connectivity index (χ1v) is 8.74. The average Bonchev–Trinajstić information content (AvgIpc) is 2.64. The highest BCUT2D eigenvalue weighted by Gasteiger charge is 2.07. The summed E-state index contributed by atoms with van der Waals surface area (Å²) >= 11 is 3.44. The van der Waals surface area contributed by atoms with Gasteiger partial charge in [-0.1, -0.05) is 28.1 Å². The smallest absolute Gasteiger partial charge is 0.252 e. The molecule has 2 rings (SSSR count). The summed E-state index contributed by atoms with van der Waals surface area (Å²) in [5.41, 5.74) is 1.75. The van der Waals surface area contributed by atoms with Gasteiger partial charge in [-0.2, -0.15) is 0 Å². The zero-order valence-corrected chi connectivity index (χ0v) is 16.0. The molecule has 2 N–H and O–H groups in total. The Kier molecular flexibility index (Phi) is 7.40. The quantitative estimate of drug-likeness (QED) is 0.441. The number of benzene rings is 1. The predicted octanol–water partition coefficient (Wildman–Crippen LogP) is 2.28. The third kappa shape index (κ3) is 6.19. The van der Waals surface area contributed by atoms with E-state index in [9.17, 15) is 4.79 Å². The van der Waals surface area contributed by atoms with E-state index in [1.54, 1.807) is 31.6 Å². The zero-order valence-electron chi connectivity index (χ0n) is 14.4. The van der Waals surface area contributed by atoms with Crippen molar-refractivity contribution >= 4 is 27.8 Å². The van der Waals surface area contributed by atoms with Gasteiger partial charge in [0.2, 0.25) is 0 Å². The van der Waals surface area contributed by atoms with Crippen molar-refractivity contribution in [3.05, 3.63) is 64.4 Å². The van der Waals surface area contributed by atoms with E-state index in [0.717, 1.165) is 17.0 Å². The second-order valence-corrected chi connectivity index (χ2v) is 6.37. The molecule has 0 unspecified atom stereocenters. The van der Waals surface area contributed by atoms with E-state index in [1.807, 2.05) is 24.1 Å². The lowest BCUT2D eigenvalue weighted by Gasteiger charge is -2.22. The molecule has 132 valence electrons. The predicted molar refractivity (Wildman–Crippen MR) is 104 cm³/mol. The summed E-state index contributed by atoms with van der Waals surface area (Å²) in [6, 6.07) is 11.7. The summed E-state index contributed by atoms with van der Waals surface area (Å²) < 4.78 is 1.06. The van der Waals surface area contributed by atoms with Gasteiger partial charge in [-0.25, -0.2) is 0 Å². The van der Waals surface area contributed by atoms with Crippen LogP contribution in [0.1, 0.15) is 15.9 Å². The largest absolute Gasteiger partial charge is 0.354 e. The van der Waals surface area contributed by atoms with Crippen molar-refractivity contribution in [3.8, 4) is 0 Å². The van der Waals surface area contributed by atoms with Crippen LogP contribution in [0.3, 0.4) is 0 Å². The highest BCUT2D eigenvalue weighted by molar-refractivity contribution is 9.10. The van der Waals surface area contributed by atoms with Gasteiger partial charge < -0.3 is 15.5 Å². The summed E-state index contributed by atoms with van der Waals surface area (Å²) in [7, 11) is 3.72. The van der Waals surface area contributed by atoms with Gasteiger partial charge in [0.1, 0.15) is 0 Å². The minimum Gasteiger partial charge on any atom is -0.354 e. The van der Waals surface area contributed by atoms with Crippen molar-refractivity contribution in [2.75, 3.05) is 27.2 Å². The Labute approximate surface area is 156 Å². The first kappa shape index (κ1) is 18.9. The molecule has 0 aliphatic rings. The van der Waals surface area contributed by atoms with Crippen LogP contribution in [0.25, 0.3) is 0 Å². The van der Waals surface area contributed by atoms with Crippen LogP contribution in [0.2, 0.25) is 0 Å². The van der Waals surface area contributed by atoms with Crippen molar-refractivity contribution in [2.45, 2.75) is 6.54 Å². The Balaban J connectivity index is 1.76. The van der Waals surface area contributed by atoms with Crippen LogP contribution in [0, 0.1) is 0 Å². The lowest BCUT2D eigenvalue weighted by molar-refractivity contribution is 0.0954. The van der Waals surface area contributed by atoms with Crippen LogP contribution in [-0.2, 0) is 6.54 Å². The van der Waals surface area contributed by atoms with E-state index in [4.69, 9.17) is 0 Å². The molecule has 2 aromatic rings. The number of hydrogen-bond acceptors (Lipinski definition) is 3. The first-order valence-electron chi connectivity index (χ1n) is 7.94. The molecular formula is C18H22BrN5O. The molecule has 0 radical (unpaired) electrons. The number of pyridine rings is 1. The molecule has 25 heavy (non-hydrogen) atoms. The monoisotopic (exact) mass is 403 g/mol. The molecule has 1 aromatic heterocycles. The number of amides is 1. The van der Waals surface area contributed by atoms with Crippen LogP contribution in [0.4, 0.5) is 0 Å². The highest BCUT2D eigenvalue weighted by atomic mass is 79.9. The van der Waals surface area contributed by atoms with Crippen molar-refractivity contribution in [1.29, 1.82) is 0 Å². The van der Waals surface area contributed by atoms with Gasteiger partial charge in [-0.05, 0) is 29.8 Å². The summed E-state index contributed by atoms with van der Waals surface area (Å²) in [6.45, 7) is 1.83. The van der Waals surface area contributed by atoms with Gasteiger partial charge in [-0.3, -0.25) is 14.8 Å². The molecule has 0 bridgehead atoms. The first-order chi connectivity index (χ1) is 12.1. The van der Waals surface area contributed by atoms with E-state index in [-0.39, 0.29) is 5.91 Å². The molecule has 0 aliphatic carbocycles. The lowest BCUT2D eigenvalue weighted by atomic mass is 10.2. The Morgan fingerprint density at radius 2 is 1.92 bits per heavy atom. The molecule has 0 atom stereocenters. The maximum absolute atomic E-state index is 11.9. The number of guanidine groups is 1. The number of rotatable bonds is 6. The van der Waals surface area contributed by atoms with Crippen LogP contribution in [0.15, 0.2) is 58.3 Å². The van der Waals surface area contributed by atoms with Crippen LogP contribution in [0.5, 0.6) is 0 Å². The SMILES string of the molecule is CN=C(NCCNC(=O)c1cccnc1)N(C)Cc1ccc(Br)cc1. The average molecular weight is 404 g/mol. The third-order valence-electron chi connectivity index (χ3n) is 3.52. The second kappa shape index (κ2) is 9.78. The molecule has 0 saturated heterocycles.